The number of halogens is 3. The summed E-state index contributed by atoms with van der Waals surface area (Å²) in [5, 5.41) is 18.7. The molecule has 2 aromatic carbocycles. The second kappa shape index (κ2) is 12.5. The summed E-state index contributed by atoms with van der Waals surface area (Å²) in [5.74, 6) is 1.09. The van der Waals surface area contributed by atoms with Crippen LogP contribution in [0.15, 0.2) is 64.7 Å². The summed E-state index contributed by atoms with van der Waals surface area (Å²) in [6.07, 6.45) is 5.26. The van der Waals surface area contributed by atoms with Crippen LogP contribution in [0.5, 0.6) is 5.75 Å². The van der Waals surface area contributed by atoms with Crippen molar-refractivity contribution < 1.29 is 18.7 Å². The number of phenols is 1. The largest absolute Gasteiger partial charge is 0.508 e. The predicted octanol–water partition coefficient (Wildman–Crippen LogP) is 4.07. The fourth-order valence-electron chi connectivity index (χ4n) is 4.87. The highest BCUT2D eigenvalue weighted by molar-refractivity contribution is 9.11. The van der Waals surface area contributed by atoms with Crippen LogP contribution in [0.25, 0.3) is 0 Å². The van der Waals surface area contributed by atoms with Crippen molar-refractivity contribution in [2.75, 3.05) is 45.6 Å². The Hall–Kier alpha value is -3.31. The standard InChI is InChI=1S/C20H26BrN5O2.C7H7F2N/c1-24-17(15-6-2-3-7-18(15)28)9-19(26-20(24)16(21)11-23-26)22-10-14-5-4-8-25(12-14)13-27;1-10-5-2-3-6(8)7(9)4-5/h2-3,6-7,9,13-14,17,22-23,28H,4-5,8,10-12H2,1H3;2-4,10H,1H3. The van der Waals surface area contributed by atoms with Crippen LogP contribution in [0.1, 0.15) is 24.4 Å². The number of aromatic hydroxyl groups is 1. The number of nitrogens with one attached hydrogen (secondary N) is 3. The molecule has 3 aliphatic rings. The SMILES string of the molecule is CN1C2=C(Br)CNN2C(NCC2CCCN(C=O)C2)=CC1c1ccccc1O.CNc1ccc(F)c(F)c1. The van der Waals surface area contributed by atoms with E-state index in [1.165, 1.54) is 6.07 Å². The zero-order chi connectivity index (χ0) is 27.2. The van der Waals surface area contributed by atoms with Crippen molar-refractivity contribution in [3.05, 3.63) is 81.9 Å². The van der Waals surface area contributed by atoms with Crippen LogP contribution < -0.4 is 16.1 Å². The lowest BCUT2D eigenvalue weighted by atomic mass is 9.98. The maximum Gasteiger partial charge on any atom is 0.209 e. The highest BCUT2D eigenvalue weighted by atomic mass is 79.9. The van der Waals surface area contributed by atoms with Gasteiger partial charge in [0.1, 0.15) is 17.4 Å². The van der Waals surface area contributed by atoms with Gasteiger partial charge in [-0.25, -0.2) is 19.2 Å². The number of phenolic OH excluding ortho intramolecular Hbond substituents is 1. The maximum atomic E-state index is 12.4. The number of carbonyl (C=O) groups excluding carboxylic acids is 1. The summed E-state index contributed by atoms with van der Waals surface area (Å²) in [5.41, 5.74) is 4.83. The smallest absolute Gasteiger partial charge is 0.209 e. The number of hydrogen-bond acceptors (Lipinski definition) is 7. The number of rotatable bonds is 6. The molecule has 4 N–H and O–H groups in total. The Morgan fingerprint density at radius 3 is 2.71 bits per heavy atom. The van der Waals surface area contributed by atoms with E-state index in [2.05, 4.69) is 48.0 Å². The summed E-state index contributed by atoms with van der Waals surface area (Å²) in [6, 6.07) is 11.0. The first-order chi connectivity index (χ1) is 18.3. The molecule has 2 unspecified atom stereocenters. The van der Waals surface area contributed by atoms with Crippen molar-refractivity contribution in [2.24, 2.45) is 5.92 Å². The molecule has 8 nitrogen and oxygen atoms in total. The fraction of sp³-hybridized carbons (Fsp3) is 0.370. The van der Waals surface area contributed by atoms with Crippen molar-refractivity contribution in [3.8, 4) is 5.75 Å². The lowest BCUT2D eigenvalue weighted by Gasteiger charge is -2.41. The summed E-state index contributed by atoms with van der Waals surface area (Å²) < 4.78 is 25.7. The number of nitrogens with zero attached hydrogens (tertiary/aromatic N) is 3. The quantitative estimate of drug-likeness (QED) is 0.378. The Kier molecular flexibility index (Phi) is 9.11. The molecular weight excluding hydrogens is 558 g/mol. The van der Waals surface area contributed by atoms with E-state index in [9.17, 15) is 18.7 Å². The molecule has 2 aromatic rings. The number of fused-ring (bicyclic) bond motifs is 1. The molecule has 1 fully saturated rings. The monoisotopic (exact) mass is 590 g/mol. The van der Waals surface area contributed by atoms with Crippen LogP contribution in [0, 0.1) is 17.6 Å². The third-order valence-corrected chi connectivity index (χ3v) is 7.52. The molecule has 0 aromatic heterocycles. The fourth-order valence-corrected chi connectivity index (χ4v) is 5.46. The molecule has 1 amide bonds. The minimum absolute atomic E-state index is 0.0831. The average Bonchev–Trinajstić information content (AvgIpc) is 3.33. The molecule has 38 heavy (non-hydrogen) atoms. The van der Waals surface area contributed by atoms with Gasteiger partial charge in [-0.15, -0.1) is 0 Å². The number of para-hydroxylation sites is 1. The number of amides is 1. The van der Waals surface area contributed by atoms with Gasteiger partial charge in [-0.3, -0.25) is 4.79 Å². The maximum absolute atomic E-state index is 12.4. The normalized spacial score (nSPS) is 20.9. The van der Waals surface area contributed by atoms with Gasteiger partial charge in [0.25, 0.3) is 0 Å². The zero-order valence-electron chi connectivity index (χ0n) is 21.4. The molecule has 204 valence electrons. The number of likely N-dealkylation sites (tertiary alicyclic amines) is 1. The van der Waals surface area contributed by atoms with E-state index in [0.29, 0.717) is 23.9 Å². The van der Waals surface area contributed by atoms with Crippen molar-refractivity contribution in [2.45, 2.75) is 18.9 Å². The molecule has 5 rings (SSSR count). The Balaban J connectivity index is 0.000000283. The van der Waals surface area contributed by atoms with Crippen molar-refractivity contribution >= 4 is 28.0 Å². The number of likely N-dealkylation sites (N-methyl/N-ethyl adjacent to an activating group) is 1. The first-order valence-corrected chi connectivity index (χ1v) is 13.3. The third-order valence-electron chi connectivity index (χ3n) is 6.89. The van der Waals surface area contributed by atoms with Crippen LogP contribution >= 0.6 is 15.9 Å². The van der Waals surface area contributed by atoms with Gasteiger partial charge in [0.2, 0.25) is 6.41 Å². The Morgan fingerprint density at radius 2 is 2.00 bits per heavy atom. The molecule has 0 bridgehead atoms. The van der Waals surface area contributed by atoms with E-state index >= 15 is 0 Å². The Labute approximate surface area is 230 Å². The Bertz CT molecular complexity index is 1210. The van der Waals surface area contributed by atoms with Gasteiger partial charge in [0, 0.05) is 45.0 Å². The van der Waals surface area contributed by atoms with E-state index in [4.69, 9.17) is 0 Å². The molecule has 3 aliphatic heterocycles. The minimum atomic E-state index is -0.827. The minimum Gasteiger partial charge on any atom is -0.508 e. The zero-order valence-corrected chi connectivity index (χ0v) is 23.0. The molecule has 0 radical (unpaired) electrons. The number of benzene rings is 2. The second-order valence-electron chi connectivity index (χ2n) is 9.43. The molecule has 0 aliphatic carbocycles. The topological polar surface area (TPSA) is 83.1 Å². The molecule has 1 saturated heterocycles. The second-order valence-corrected chi connectivity index (χ2v) is 10.4. The molecule has 11 heteroatoms. The molecule has 0 spiro atoms. The summed E-state index contributed by atoms with van der Waals surface area (Å²) in [6.45, 7) is 3.17. The Morgan fingerprint density at radius 1 is 1.21 bits per heavy atom. The third kappa shape index (κ3) is 6.21. The number of hydrazine groups is 1. The van der Waals surface area contributed by atoms with Gasteiger partial charge in [-0.2, -0.15) is 0 Å². The van der Waals surface area contributed by atoms with E-state index in [1.54, 1.807) is 13.1 Å². The van der Waals surface area contributed by atoms with Crippen LogP contribution in [0.4, 0.5) is 14.5 Å². The van der Waals surface area contributed by atoms with Crippen LogP contribution in [0.3, 0.4) is 0 Å². The van der Waals surface area contributed by atoms with Gasteiger partial charge >= 0.3 is 0 Å². The van der Waals surface area contributed by atoms with Gasteiger partial charge < -0.3 is 25.5 Å². The molecule has 3 heterocycles. The average molecular weight is 592 g/mol. The molecule has 2 atom stereocenters. The van der Waals surface area contributed by atoms with E-state index in [0.717, 1.165) is 72.7 Å². The van der Waals surface area contributed by atoms with Gasteiger partial charge in [-0.05, 0) is 49.1 Å². The summed E-state index contributed by atoms with van der Waals surface area (Å²) >= 11 is 3.68. The van der Waals surface area contributed by atoms with Gasteiger partial charge in [0.15, 0.2) is 11.6 Å². The van der Waals surface area contributed by atoms with E-state index < -0.39 is 11.6 Å². The highest BCUT2D eigenvalue weighted by Crippen LogP contribution is 2.39. The summed E-state index contributed by atoms with van der Waals surface area (Å²) in [4.78, 5) is 15.1. The molecule has 0 saturated carbocycles. The van der Waals surface area contributed by atoms with E-state index in [1.807, 2.05) is 30.1 Å². The first-order valence-electron chi connectivity index (χ1n) is 12.5. The number of hydrogen-bond donors (Lipinski definition) is 4. The van der Waals surface area contributed by atoms with Gasteiger partial charge in [0.05, 0.1) is 17.1 Å². The number of piperidine rings is 1. The van der Waals surface area contributed by atoms with E-state index in [-0.39, 0.29) is 6.04 Å². The lowest BCUT2D eigenvalue weighted by Crippen LogP contribution is -2.47. The first kappa shape index (κ1) is 27.7. The van der Waals surface area contributed by atoms with Crippen molar-refractivity contribution in [1.29, 1.82) is 0 Å². The lowest BCUT2D eigenvalue weighted by molar-refractivity contribution is -0.119. The highest BCUT2D eigenvalue weighted by Gasteiger charge is 2.36. The summed E-state index contributed by atoms with van der Waals surface area (Å²) in [7, 11) is 3.68. The van der Waals surface area contributed by atoms with Crippen LogP contribution in [-0.2, 0) is 4.79 Å². The van der Waals surface area contributed by atoms with Crippen LogP contribution in [0.2, 0.25) is 0 Å². The number of anilines is 1. The molecular formula is C27H33BrF2N6O2. The predicted molar refractivity (Wildman–Crippen MR) is 147 cm³/mol. The van der Waals surface area contributed by atoms with Crippen molar-refractivity contribution in [1.82, 2.24) is 25.6 Å². The van der Waals surface area contributed by atoms with Crippen molar-refractivity contribution in [3.63, 3.8) is 0 Å². The van der Waals surface area contributed by atoms with Crippen LogP contribution in [-0.4, -0.2) is 66.6 Å². The van der Waals surface area contributed by atoms with Gasteiger partial charge in [-0.1, -0.05) is 34.1 Å². The number of carbonyl (C=O) groups is 1.